The Labute approximate surface area is 70.9 Å². The SMILES string of the molecule is CC1CC(N2C(=O)CNC2=O)C1. The van der Waals surface area contributed by atoms with Crippen molar-refractivity contribution < 1.29 is 9.59 Å². The molecule has 0 spiro atoms. The largest absolute Gasteiger partial charge is 0.329 e. The summed E-state index contributed by atoms with van der Waals surface area (Å²) in [6.07, 6.45) is 1.94. The lowest BCUT2D eigenvalue weighted by Gasteiger charge is -2.37. The lowest BCUT2D eigenvalue weighted by molar-refractivity contribution is -0.128. The van der Waals surface area contributed by atoms with E-state index in [1.807, 2.05) is 0 Å². The maximum Gasteiger partial charge on any atom is 0.324 e. The van der Waals surface area contributed by atoms with Crippen LogP contribution in [0, 0.1) is 5.92 Å². The standard InChI is InChI=1S/C8H12N2O2/c1-5-2-6(3-5)10-7(11)4-9-8(10)12/h5-6H,2-4H2,1H3,(H,9,12). The van der Waals surface area contributed by atoms with Gasteiger partial charge in [-0.3, -0.25) is 9.69 Å². The van der Waals surface area contributed by atoms with Crippen molar-refractivity contribution in [3.63, 3.8) is 0 Å². The van der Waals surface area contributed by atoms with Gasteiger partial charge in [-0.2, -0.15) is 0 Å². The molecule has 2 aliphatic rings. The molecule has 0 aromatic heterocycles. The smallest absolute Gasteiger partial charge is 0.324 e. The van der Waals surface area contributed by atoms with Crippen molar-refractivity contribution in [2.45, 2.75) is 25.8 Å². The minimum Gasteiger partial charge on any atom is -0.329 e. The molecule has 4 nitrogen and oxygen atoms in total. The first kappa shape index (κ1) is 7.58. The van der Waals surface area contributed by atoms with E-state index in [-0.39, 0.29) is 24.5 Å². The van der Waals surface area contributed by atoms with Crippen molar-refractivity contribution in [2.24, 2.45) is 5.92 Å². The van der Waals surface area contributed by atoms with E-state index in [2.05, 4.69) is 12.2 Å². The van der Waals surface area contributed by atoms with E-state index in [0.717, 1.165) is 12.8 Å². The predicted octanol–water partition coefficient (Wildman–Crippen LogP) is 0.337. The zero-order chi connectivity index (χ0) is 8.72. The van der Waals surface area contributed by atoms with Crippen LogP contribution in [-0.4, -0.2) is 29.4 Å². The molecule has 1 saturated heterocycles. The van der Waals surface area contributed by atoms with Crippen LogP contribution in [0.3, 0.4) is 0 Å². The summed E-state index contributed by atoms with van der Waals surface area (Å²) in [5.74, 6) is 0.591. The maximum atomic E-state index is 11.2. The minimum absolute atomic E-state index is 0.0723. The van der Waals surface area contributed by atoms with Gasteiger partial charge in [0, 0.05) is 6.04 Å². The Morgan fingerprint density at radius 2 is 2.08 bits per heavy atom. The summed E-state index contributed by atoms with van der Waals surface area (Å²) in [6, 6.07) is -0.0353. The molecule has 2 fully saturated rings. The van der Waals surface area contributed by atoms with Gasteiger partial charge in [0.15, 0.2) is 0 Å². The van der Waals surface area contributed by atoms with Gasteiger partial charge in [0.2, 0.25) is 5.91 Å². The Hall–Kier alpha value is -1.06. The summed E-state index contributed by atoms with van der Waals surface area (Å²) < 4.78 is 0. The summed E-state index contributed by atoms with van der Waals surface area (Å²) in [4.78, 5) is 23.7. The maximum absolute atomic E-state index is 11.2. The van der Waals surface area contributed by atoms with Crippen molar-refractivity contribution in [3.05, 3.63) is 0 Å². The van der Waals surface area contributed by atoms with Crippen LogP contribution in [0.15, 0.2) is 0 Å². The molecule has 0 radical (unpaired) electrons. The average molecular weight is 168 g/mol. The van der Waals surface area contributed by atoms with Gasteiger partial charge in [-0.25, -0.2) is 4.79 Å². The number of hydrogen-bond acceptors (Lipinski definition) is 2. The monoisotopic (exact) mass is 168 g/mol. The molecule has 0 atom stereocenters. The fourth-order valence-corrected chi connectivity index (χ4v) is 1.87. The number of rotatable bonds is 1. The summed E-state index contributed by atoms with van der Waals surface area (Å²) in [5.41, 5.74) is 0. The molecule has 12 heavy (non-hydrogen) atoms. The minimum atomic E-state index is -0.211. The quantitative estimate of drug-likeness (QED) is 0.574. The summed E-state index contributed by atoms with van der Waals surface area (Å²) in [5, 5.41) is 2.52. The van der Waals surface area contributed by atoms with Crippen LogP contribution >= 0.6 is 0 Å². The van der Waals surface area contributed by atoms with Gasteiger partial charge in [-0.05, 0) is 18.8 Å². The van der Waals surface area contributed by atoms with E-state index >= 15 is 0 Å². The van der Waals surface area contributed by atoms with Gasteiger partial charge < -0.3 is 5.32 Å². The highest BCUT2D eigenvalue weighted by molar-refractivity contribution is 6.02. The molecule has 4 heteroatoms. The third kappa shape index (κ3) is 0.983. The summed E-state index contributed by atoms with van der Waals surface area (Å²) in [6.45, 7) is 2.32. The third-order valence-corrected chi connectivity index (χ3v) is 2.59. The second kappa shape index (κ2) is 2.47. The van der Waals surface area contributed by atoms with Crippen LogP contribution in [-0.2, 0) is 4.79 Å². The molecule has 1 saturated carbocycles. The molecule has 2 rings (SSSR count). The van der Waals surface area contributed by atoms with Gasteiger partial charge in [-0.15, -0.1) is 0 Å². The normalized spacial score (nSPS) is 34.9. The molecular weight excluding hydrogens is 156 g/mol. The van der Waals surface area contributed by atoms with Crippen molar-refractivity contribution >= 4 is 11.9 Å². The van der Waals surface area contributed by atoms with Crippen molar-refractivity contribution in [1.29, 1.82) is 0 Å². The van der Waals surface area contributed by atoms with Crippen LogP contribution in [0.2, 0.25) is 0 Å². The molecule has 1 N–H and O–H groups in total. The van der Waals surface area contributed by atoms with Gasteiger partial charge in [0.05, 0.1) is 6.54 Å². The molecule has 66 valence electrons. The van der Waals surface area contributed by atoms with E-state index in [4.69, 9.17) is 0 Å². The number of carbonyl (C=O) groups is 2. The number of urea groups is 1. The first-order valence-electron chi connectivity index (χ1n) is 4.28. The molecule has 1 aliphatic heterocycles. The molecule has 0 aromatic carbocycles. The molecule has 0 unspecified atom stereocenters. The molecule has 1 heterocycles. The summed E-state index contributed by atoms with van der Waals surface area (Å²) in [7, 11) is 0. The molecule has 1 aliphatic carbocycles. The van der Waals surface area contributed by atoms with Crippen LogP contribution in [0.4, 0.5) is 4.79 Å². The number of hydrogen-bond donors (Lipinski definition) is 1. The highest BCUT2D eigenvalue weighted by Gasteiger charge is 2.40. The predicted molar refractivity (Wildman–Crippen MR) is 42.4 cm³/mol. The lowest BCUT2D eigenvalue weighted by Crippen LogP contribution is -2.47. The Morgan fingerprint density at radius 3 is 2.50 bits per heavy atom. The van der Waals surface area contributed by atoms with Crippen molar-refractivity contribution in [1.82, 2.24) is 10.2 Å². The fourth-order valence-electron chi connectivity index (χ4n) is 1.87. The average Bonchev–Trinajstić information content (AvgIpc) is 2.26. The number of nitrogens with one attached hydrogen (secondary N) is 1. The highest BCUT2D eigenvalue weighted by Crippen LogP contribution is 2.31. The van der Waals surface area contributed by atoms with Crippen molar-refractivity contribution in [2.75, 3.05) is 6.54 Å². The number of carbonyl (C=O) groups excluding carboxylic acids is 2. The van der Waals surface area contributed by atoms with Gasteiger partial charge in [-0.1, -0.05) is 6.92 Å². The fraction of sp³-hybridized carbons (Fsp3) is 0.750. The Kier molecular flexibility index (Phi) is 1.56. The third-order valence-electron chi connectivity index (χ3n) is 2.59. The number of imide groups is 1. The van der Waals surface area contributed by atoms with Gasteiger partial charge >= 0.3 is 6.03 Å². The van der Waals surface area contributed by atoms with Crippen LogP contribution in [0.5, 0.6) is 0 Å². The first-order valence-corrected chi connectivity index (χ1v) is 4.28. The van der Waals surface area contributed by atoms with E-state index in [1.165, 1.54) is 4.90 Å². The summed E-state index contributed by atoms with van der Waals surface area (Å²) >= 11 is 0. The molecule has 0 bridgehead atoms. The number of nitrogens with zero attached hydrogens (tertiary/aromatic N) is 1. The Balaban J connectivity index is 2.03. The zero-order valence-electron chi connectivity index (χ0n) is 7.04. The van der Waals surface area contributed by atoms with E-state index in [0.29, 0.717) is 5.92 Å². The van der Waals surface area contributed by atoms with E-state index in [1.54, 1.807) is 0 Å². The molecule has 3 amide bonds. The zero-order valence-corrected chi connectivity index (χ0v) is 7.04. The van der Waals surface area contributed by atoms with E-state index in [9.17, 15) is 9.59 Å². The Morgan fingerprint density at radius 1 is 1.42 bits per heavy atom. The second-order valence-corrected chi connectivity index (χ2v) is 3.65. The topological polar surface area (TPSA) is 49.4 Å². The highest BCUT2D eigenvalue weighted by atomic mass is 16.2. The molecular formula is C8H12N2O2. The Bertz CT molecular complexity index is 217. The van der Waals surface area contributed by atoms with Gasteiger partial charge in [0.25, 0.3) is 0 Å². The first-order chi connectivity index (χ1) is 5.68. The van der Waals surface area contributed by atoms with Crippen LogP contribution in [0.25, 0.3) is 0 Å². The van der Waals surface area contributed by atoms with E-state index < -0.39 is 0 Å². The van der Waals surface area contributed by atoms with Gasteiger partial charge in [0.1, 0.15) is 0 Å². The van der Waals surface area contributed by atoms with Crippen molar-refractivity contribution in [3.8, 4) is 0 Å². The second-order valence-electron chi connectivity index (χ2n) is 3.65. The molecule has 0 aromatic rings. The lowest BCUT2D eigenvalue weighted by atomic mass is 9.81. The van der Waals surface area contributed by atoms with Crippen LogP contribution < -0.4 is 5.32 Å². The number of amides is 3. The van der Waals surface area contributed by atoms with Crippen LogP contribution in [0.1, 0.15) is 19.8 Å².